The van der Waals surface area contributed by atoms with Gasteiger partial charge in [-0.1, -0.05) is 11.6 Å². The minimum Gasteiger partial charge on any atom is -0.465 e. The molecule has 0 spiro atoms. The molecule has 0 radical (unpaired) electrons. The molecule has 140 valence electrons. The summed E-state index contributed by atoms with van der Waals surface area (Å²) < 4.78 is 4.63. The predicted octanol–water partition coefficient (Wildman–Crippen LogP) is 3.05. The van der Waals surface area contributed by atoms with Gasteiger partial charge in [0.15, 0.2) is 0 Å². The third-order valence-electron chi connectivity index (χ3n) is 4.16. The molecule has 2 aromatic rings. The Hall–Kier alpha value is -3.06. The molecular formula is C19H18ClN3O4. The van der Waals surface area contributed by atoms with Gasteiger partial charge >= 0.3 is 12.0 Å². The first-order valence-electron chi connectivity index (χ1n) is 8.28. The first-order valence-corrected chi connectivity index (χ1v) is 8.66. The molecule has 2 aromatic carbocycles. The third kappa shape index (κ3) is 4.57. The number of amides is 3. The number of hydrogen-bond donors (Lipinski definition) is 2. The maximum atomic E-state index is 12.2. The molecule has 8 heteroatoms. The van der Waals surface area contributed by atoms with Crippen molar-refractivity contribution in [3.63, 3.8) is 0 Å². The quantitative estimate of drug-likeness (QED) is 0.789. The number of nitrogens with one attached hydrogen (secondary N) is 2. The Kier molecular flexibility index (Phi) is 5.61. The van der Waals surface area contributed by atoms with E-state index in [-0.39, 0.29) is 18.4 Å². The summed E-state index contributed by atoms with van der Waals surface area (Å²) in [6, 6.07) is 12.6. The van der Waals surface area contributed by atoms with Gasteiger partial charge < -0.3 is 20.3 Å². The van der Waals surface area contributed by atoms with Gasteiger partial charge in [-0.15, -0.1) is 0 Å². The highest BCUT2D eigenvalue weighted by Crippen LogP contribution is 2.23. The van der Waals surface area contributed by atoms with Gasteiger partial charge in [-0.25, -0.2) is 9.59 Å². The van der Waals surface area contributed by atoms with Crippen LogP contribution in [0.4, 0.5) is 16.2 Å². The second-order valence-electron chi connectivity index (χ2n) is 6.05. The van der Waals surface area contributed by atoms with Crippen LogP contribution in [0.3, 0.4) is 0 Å². The molecule has 1 aliphatic heterocycles. The van der Waals surface area contributed by atoms with E-state index in [1.165, 1.54) is 7.11 Å². The maximum absolute atomic E-state index is 12.2. The number of hydrogen-bond acceptors (Lipinski definition) is 4. The fraction of sp³-hybridized carbons (Fsp3) is 0.211. The molecule has 3 amide bonds. The molecule has 3 rings (SSSR count). The van der Waals surface area contributed by atoms with Crippen LogP contribution in [-0.2, 0) is 9.53 Å². The summed E-state index contributed by atoms with van der Waals surface area (Å²) in [5.41, 5.74) is 1.66. The van der Waals surface area contributed by atoms with Crippen molar-refractivity contribution < 1.29 is 19.1 Å². The summed E-state index contributed by atoms with van der Waals surface area (Å²) >= 11 is 5.87. The number of carbonyl (C=O) groups is 3. The van der Waals surface area contributed by atoms with Crippen molar-refractivity contribution in [2.45, 2.75) is 12.5 Å². The Morgan fingerprint density at radius 3 is 2.41 bits per heavy atom. The highest BCUT2D eigenvalue weighted by Gasteiger charge is 2.31. The van der Waals surface area contributed by atoms with Crippen LogP contribution in [0, 0.1) is 0 Å². The molecule has 1 fully saturated rings. The summed E-state index contributed by atoms with van der Waals surface area (Å²) in [6.07, 6.45) is 0.220. The molecule has 1 aliphatic rings. The number of anilines is 2. The van der Waals surface area contributed by atoms with Crippen LogP contribution in [-0.4, -0.2) is 37.6 Å². The van der Waals surface area contributed by atoms with Crippen LogP contribution >= 0.6 is 11.6 Å². The van der Waals surface area contributed by atoms with Crippen LogP contribution in [0.25, 0.3) is 0 Å². The van der Waals surface area contributed by atoms with Crippen molar-refractivity contribution in [1.29, 1.82) is 0 Å². The standard InChI is InChI=1S/C19H18ClN3O4/c1-27-18(25)12-2-6-14(7-3-12)21-19(26)22-15-10-17(24)23(11-15)16-8-4-13(20)5-9-16/h2-9,15H,10-11H2,1H3,(H2,21,22,26)/t15-/m0/s1. The van der Waals surface area contributed by atoms with Crippen molar-refractivity contribution in [2.24, 2.45) is 0 Å². The summed E-state index contributed by atoms with van der Waals surface area (Å²) in [5, 5.41) is 6.06. The zero-order chi connectivity index (χ0) is 19.4. The van der Waals surface area contributed by atoms with Crippen molar-refractivity contribution in [1.82, 2.24) is 5.32 Å². The molecule has 7 nitrogen and oxygen atoms in total. The number of urea groups is 1. The zero-order valence-corrected chi connectivity index (χ0v) is 15.3. The first kappa shape index (κ1) is 18.7. The van der Waals surface area contributed by atoms with Crippen molar-refractivity contribution in [3.8, 4) is 0 Å². The number of methoxy groups -OCH3 is 1. The van der Waals surface area contributed by atoms with E-state index in [2.05, 4.69) is 15.4 Å². The fourth-order valence-electron chi connectivity index (χ4n) is 2.83. The molecule has 27 heavy (non-hydrogen) atoms. The minimum atomic E-state index is -0.447. The molecule has 1 saturated heterocycles. The van der Waals surface area contributed by atoms with E-state index in [1.807, 2.05) is 0 Å². The van der Waals surface area contributed by atoms with Gasteiger partial charge in [0.2, 0.25) is 5.91 Å². The SMILES string of the molecule is COC(=O)c1ccc(NC(=O)N[C@H]2CC(=O)N(c3ccc(Cl)cc3)C2)cc1. The number of benzene rings is 2. The number of esters is 1. The van der Waals surface area contributed by atoms with Crippen LogP contribution < -0.4 is 15.5 Å². The second kappa shape index (κ2) is 8.09. The largest absolute Gasteiger partial charge is 0.465 e. The van der Waals surface area contributed by atoms with Gasteiger partial charge in [0.1, 0.15) is 0 Å². The van der Waals surface area contributed by atoms with E-state index in [1.54, 1.807) is 53.4 Å². The third-order valence-corrected chi connectivity index (χ3v) is 4.41. The molecule has 0 saturated carbocycles. The summed E-state index contributed by atoms with van der Waals surface area (Å²) in [6.45, 7) is 0.384. The summed E-state index contributed by atoms with van der Waals surface area (Å²) in [7, 11) is 1.30. The fourth-order valence-corrected chi connectivity index (χ4v) is 2.96. The Bertz CT molecular complexity index is 852. The van der Waals surface area contributed by atoms with Gasteiger partial charge in [-0.05, 0) is 48.5 Å². The Morgan fingerprint density at radius 1 is 1.11 bits per heavy atom. The van der Waals surface area contributed by atoms with Crippen LogP contribution in [0.1, 0.15) is 16.8 Å². The van der Waals surface area contributed by atoms with Crippen LogP contribution in [0.2, 0.25) is 5.02 Å². The number of rotatable bonds is 4. The van der Waals surface area contributed by atoms with Crippen LogP contribution in [0.15, 0.2) is 48.5 Å². The topological polar surface area (TPSA) is 87.7 Å². The lowest BCUT2D eigenvalue weighted by molar-refractivity contribution is -0.117. The highest BCUT2D eigenvalue weighted by atomic mass is 35.5. The molecule has 0 unspecified atom stereocenters. The molecule has 1 atom stereocenters. The first-order chi connectivity index (χ1) is 13.0. The Morgan fingerprint density at radius 2 is 1.78 bits per heavy atom. The lowest BCUT2D eigenvalue weighted by Gasteiger charge is -2.17. The predicted molar refractivity (Wildman–Crippen MR) is 102 cm³/mol. The van der Waals surface area contributed by atoms with E-state index in [4.69, 9.17) is 11.6 Å². The lowest BCUT2D eigenvalue weighted by atomic mass is 10.2. The number of nitrogens with zero attached hydrogens (tertiary/aromatic N) is 1. The Balaban J connectivity index is 1.56. The lowest BCUT2D eigenvalue weighted by Crippen LogP contribution is -2.39. The molecule has 0 aromatic heterocycles. The van der Waals surface area contributed by atoms with Gasteiger partial charge in [-0.3, -0.25) is 4.79 Å². The number of carbonyl (C=O) groups excluding carboxylic acids is 3. The highest BCUT2D eigenvalue weighted by molar-refractivity contribution is 6.30. The normalized spacial score (nSPS) is 16.1. The van der Waals surface area contributed by atoms with Gasteiger partial charge in [0, 0.05) is 29.4 Å². The maximum Gasteiger partial charge on any atom is 0.337 e. The van der Waals surface area contributed by atoms with Gasteiger partial charge in [0.05, 0.1) is 18.7 Å². The van der Waals surface area contributed by atoms with E-state index >= 15 is 0 Å². The van der Waals surface area contributed by atoms with E-state index in [0.717, 1.165) is 5.69 Å². The monoisotopic (exact) mass is 387 g/mol. The van der Waals surface area contributed by atoms with E-state index in [9.17, 15) is 14.4 Å². The zero-order valence-electron chi connectivity index (χ0n) is 14.6. The minimum absolute atomic E-state index is 0.0648. The second-order valence-corrected chi connectivity index (χ2v) is 6.49. The van der Waals surface area contributed by atoms with Crippen molar-refractivity contribution in [2.75, 3.05) is 23.9 Å². The van der Waals surface area contributed by atoms with Gasteiger partial charge in [-0.2, -0.15) is 0 Å². The number of ether oxygens (including phenoxy) is 1. The Labute approximate surface area is 161 Å². The molecule has 1 heterocycles. The van der Waals surface area contributed by atoms with Crippen molar-refractivity contribution >= 4 is 40.9 Å². The smallest absolute Gasteiger partial charge is 0.337 e. The van der Waals surface area contributed by atoms with Crippen molar-refractivity contribution in [3.05, 3.63) is 59.1 Å². The molecular weight excluding hydrogens is 370 g/mol. The average Bonchev–Trinajstić information content (AvgIpc) is 3.02. The van der Waals surface area contributed by atoms with E-state index in [0.29, 0.717) is 22.8 Å². The summed E-state index contributed by atoms with van der Waals surface area (Å²) in [5.74, 6) is -0.511. The summed E-state index contributed by atoms with van der Waals surface area (Å²) in [4.78, 5) is 37.4. The molecule has 0 aliphatic carbocycles. The molecule has 0 bridgehead atoms. The van der Waals surface area contributed by atoms with Gasteiger partial charge in [0.25, 0.3) is 0 Å². The number of halogens is 1. The molecule has 2 N–H and O–H groups in total. The van der Waals surface area contributed by atoms with E-state index < -0.39 is 12.0 Å². The van der Waals surface area contributed by atoms with Crippen LogP contribution in [0.5, 0.6) is 0 Å². The average molecular weight is 388 g/mol.